The van der Waals surface area contributed by atoms with E-state index < -0.39 is 0 Å². The van der Waals surface area contributed by atoms with Gasteiger partial charge in [-0.2, -0.15) is 0 Å². The molecule has 1 heterocycles. The van der Waals surface area contributed by atoms with E-state index in [-0.39, 0.29) is 0 Å². The largest absolute Gasteiger partial charge is 0.316 e. The first-order valence-electron chi connectivity index (χ1n) is 5.52. The molecule has 2 rings (SSSR count). The topological polar surface area (TPSA) is 12.0 Å². The Morgan fingerprint density at radius 3 is 2.50 bits per heavy atom. The maximum atomic E-state index is 3.42. The van der Waals surface area contributed by atoms with E-state index in [4.69, 9.17) is 0 Å². The van der Waals surface area contributed by atoms with E-state index >= 15 is 0 Å². The normalized spacial score (nSPS) is 21.4. The molecule has 0 aliphatic carbocycles. The molecule has 0 aromatic heterocycles. The highest BCUT2D eigenvalue weighted by Crippen LogP contribution is 2.17. The van der Waals surface area contributed by atoms with Crippen molar-refractivity contribution in [3.8, 4) is 0 Å². The molecule has 1 N–H and O–H groups in total. The van der Waals surface area contributed by atoms with Gasteiger partial charge in [-0.25, -0.2) is 0 Å². The van der Waals surface area contributed by atoms with Crippen molar-refractivity contribution in [3.63, 3.8) is 0 Å². The quantitative estimate of drug-likeness (QED) is 0.753. The van der Waals surface area contributed by atoms with E-state index in [9.17, 15) is 0 Å². The van der Waals surface area contributed by atoms with Crippen molar-refractivity contribution in [1.29, 1.82) is 0 Å². The Hall–Kier alpha value is -0.820. The van der Waals surface area contributed by atoms with Gasteiger partial charge in [-0.15, -0.1) is 0 Å². The fourth-order valence-electron chi connectivity index (χ4n) is 2.41. The highest BCUT2D eigenvalue weighted by molar-refractivity contribution is 5.28. The standard InChI is InChI=1S/C13H19N/c1-10-5-11(2)7-13(6-10)8-12-3-4-14-9-12/h5-7,12,14H,3-4,8-9H2,1-2H3. The highest BCUT2D eigenvalue weighted by atomic mass is 14.9. The molecule has 1 heteroatoms. The predicted octanol–water partition coefficient (Wildman–Crippen LogP) is 2.46. The molecule has 1 aliphatic rings. The maximum Gasteiger partial charge on any atom is -0.00169 e. The Balaban J connectivity index is 2.07. The molecule has 1 aromatic carbocycles. The van der Waals surface area contributed by atoms with Crippen molar-refractivity contribution in [3.05, 3.63) is 34.9 Å². The fraction of sp³-hybridized carbons (Fsp3) is 0.538. The zero-order valence-corrected chi connectivity index (χ0v) is 9.14. The molecule has 0 radical (unpaired) electrons. The van der Waals surface area contributed by atoms with Gasteiger partial charge < -0.3 is 5.32 Å². The first kappa shape index (κ1) is 9.72. The Bertz CT molecular complexity index is 291. The van der Waals surface area contributed by atoms with E-state index in [2.05, 4.69) is 37.4 Å². The van der Waals surface area contributed by atoms with E-state index in [0.717, 1.165) is 5.92 Å². The van der Waals surface area contributed by atoms with Crippen molar-refractivity contribution in [2.75, 3.05) is 13.1 Å². The summed E-state index contributed by atoms with van der Waals surface area (Å²) < 4.78 is 0. The SMILES string of the molecule is Cc1cc(C)cc(CC2CCNC2)c1. The lowest BCUT2D eigenvalue weighted by Gasteiger charge is -2.09. The van der Waals surface area contributed by atoms with E-state index in [0.29, 0.717) is 0 Å². The van der Waals surface area contributed by atoms with Crippen LogP contribution in [0.25, 0.3) is 0 Å². The minimum atomic E-state index is 0.858. The lowest BCUT2D eigenvalue weighted by atomic mass is 9.96. The average molecular weight is 189 g/mol. The van der Waals surface area contributed by atoms with Gasteiger partial charge in [-0.05, 0) is 51.3 Å². The summed E-state index contributed by atoms with van der Waals surface area (Å²) in [5.74, 6) is 0.858. The lowest BCUT2D eigenvalue weighted by Crippen LogP contribution is -2.10. The Morgan fingerprint density at radius 2 is 1.93 bits per heavy atom. The second-order valence-corrected chi connectivity index (χ2v) is 4.56. The summed E-state index contributed by atoms with van der Waals surface area (Å²) >= 11 is 0. The summed E-state index contributed by atoms with van der Waals surface area (Å²) in [6.45, 7) is 6.77. The van der Waals surface area contributed by atoms with Crippen molar-refractivity contribution >= 4 is 0 Å². The molecule has 1 nitrogen and oxygen atoms in total. The molecule has 1 atom stereocenters. The average Bonchev–Trinajstić information content (AvgIpc) is 2.54. The third kappa shape index (κ3) is 2.36. The third-order valence-corrected chi connectivity index (χ3v) is 2.97. The van der Waals surface area contributed by atoms with Gasteiger partial charge in [0.1, 0.15) is 0 Å². The van der Waals surface area contributed by atoms with E-state index in [1.54, 1.807) is 0 Å². The molecule has 1 aliphatic heterocycles. The zero-order valence-electron chi connectivity index (χ0n) is 9.14. The minimum absolute atomic E-state index is 0.858. The van der Waals surface area contributed by atoms with Crippen LogP contribution in [-0.2, 0) is 6.42 Å². The number of hydrogen-bond donors (Lipinski definition) is 1. The monoisotopic (exact) mass is 189 g/mol. The van der Waals surface area contributed by atoms with Crippen LogP contribution >= 0.6 is 0 Å². The summed E-state index contributed by atoms with van der Waals surface area (Å²) in [7, 11) is 0. The van der Waals surface area contributed by atoms with Gasteiger partial charge in [0.15, 0.2) is 0 Å². The molecule has 1 saturated heterocycles. The van der Waals surface area contributed by atoms with Gasteiger partial charge in [0.25, 0.3) is 0 Å². The summed E-state index contributed by atoms with van der Waals surface area (Å²) in [4.78, 5) is 0. The summed E-state index contributed by atoms with van der Waals surface area (Å²) in [5, 5.41) is 3.42. The molecule has 14 heavy (non-hydrogen) atoms. The molecule has 0 amide bonds. The van der Waals surface area contributed by atoms with Gasteiger partial charge in [0, 0.05) is 0 Å². The second kappa shape index (κ2) is 4.14. The number of benzene rings is 1. The Morgan fingerprint density at radius 1 is 1.21 bits per heavy atom. The first-order chi connectivity index (χ1) is 6.74. The maximum absolute atomic E-state index is 3.42. The van der Waals surface area contributed by atoms with Crippen molar-refractivity contribution in [2.45, 2.75) is 26.7 Å². The number of rotatable bonds is 2. The van der Waals surface area contributed by atoms with E-state index in [1.807, 2.05) is 0 Å². The van der Waals surface area contributed by atoms with Crippen LogP contribution in [-0.4, -0.2) is 13.1 Å². The second-order valence-electron chi connectivity index (χ2n) is 4.56. The molecule has 1 unspecified atom stereocenters. The first-order valence-corrected chi connectivity index (χ1v) is 5.52. The van der Waals surface area contributed by atoms with Crippen molar-refractivity contribution in [1.82, 2.24) is 5.32 Å². The van der Waals surface area contributed by atoms with Crippen LogP contribution in [0, 0.1) is 19.8 Å². The number of nitrogens with one attached hydrogen (secondary N) is 1. The Labute approximate surface area is 86.5 Å². The predicted molar refractivity (Wildman–Crippen MR) is 60.6 cm³/mol. The summed E-state index contributed by atoms with van der Waals surface area (Å²) in [6, 6.07) is 6.90. The van der Waals surface area contributed by atoms with Gasteiger partial charge in [0.05, 0.1) is 0 Å². The van der Waals surface area contributed by atoms with Crippen LogP contribution < -0.4 is 5.32 Å². The van der Waals surface area contributed by atoms with Crippen LogP contribution in [0.2, 0.25) is 0 Å². The van der Waals surface area contributed by atoms with Crippen LogP contribution in [0.1, 0.15) is 23.1 Å². The van der Waals surface area contributed by atoms with Crippen LogP contribution in [0.15, 0.2) is 18.2 Å². The van der Waals surface area contributed by atoms with Crippen molar-refractivity contribution < 1.29 is 0 Å². The number of hydrogen-bond acceptors (Lipinski definition) is 1. The molecule has 0 bridgehead atoms. The van der Waals surface area contributed by atoms with Gasteiger partial charge in [0.2, 0.25) is 0 Å². The molecule has 76 valence electrons. The van der Waals surface area contributed by atoms with Crippen LogP contribution in [0.5, 0.6) is 0 Å². The third-order valence-electron chi connectivity index (χ3n) is 2.97. The minimum Gasteiger partial charge on any atom is -0.316 e. The fourth-order valence-corrected chi connectivity index (χ4v) is 2.41. The smallest absolute Gasteiger partial charge is 0.00169 e. The lowest BCUT2D eigenvalue weighted by molar-refractivity contribution is 0.580. The van der Waals surface area contributed by atoms with Crippen molar-refractivity contribution in [2.24, 2.45) is 5.92 Å². The van der Waals surface area contributed by atoms with Gasteiger partial charge in [-0.3, -0.25) is 0 Å². The molecule has 1 fully saturated rings. The highest BCUT2D eigenvalue weighted by Gasteiger charge is 2.14. The van der Waals surface area contributed by atoms with Gasteiger partial charge >= 0.3 is 0 Å². The molecule has 0 spiro atoms. The molecular formula is C13H19N. The molecular weight excluding hydrogens is 170 g/mol. The Kier molecular flexibility index (Phi) is 2.87. The summed E-state index contributed by atoms with van der Waals surface area (Å²) in [5.41, 5.74) is 4.30. The molecule has 1 aromatic rings. The molecule has 0 saturated carbocycles. The summed E-state index contributed by atoms with van der Waals surface area (Å²) in [6.07, 6.45) is 2.59. The van der Waals surface area contributed by atoms with Crippen LogP contribution in [0.4, 0.5) is 0 Å². The van der Waals surface area contributed by atoms with Gasteiger partial charge in [-0.1, -0.05) is 29.3 Å². The van der Waals surface area contributed by atoms with E-state index in [1.165, 1.54) is 42.6 Å². The number of aryl methyl sites for hydroxylation is 2. The van der Waals surface area contributed by atoms with Crippen LogP contribution in [0.3, 0.4) is 0 Å². The zero-order chi connectivity index (χ0) is 9.97.